The molecule has 1 N–H and O–H groups in total. The van der Waals surface area contributed by atoms with Crippen LogP contribution < -0.4 is 0 Å². The number of amides is 1. The Labute approximate surface area is 142 Å². The van der Waals surface area contributed by atoms with Gasteiger partial charge in [0.1, 0.15) is 5.60 Å². The predicted molar refractivity (Wildman–Crippen MR) is 85.7 cm³/mol. The van der Waals surface area contributed by atoms with Gasteiger partial charge < -0.3 is 19.5 Å². The summed E-state index contributed by atoms with van der Waals surface area (Å²) in [4.78, 5) is 25.7. The normalized spacial score (nSPS) is 27.4. The molecule has 2 heterocycles. The Morgan fingerprint density at radius 2 is 2.09 bits per heavy atom. The van der Waals surface area contributed by atoms with E-state index in [1.54, 1.807) is 11.0 Å². The van der Waals surface area contributed by atoms with E-state index in [0.717, 1.165) is 6.42 Å². The summed E-state index contributed by atoms with van der Waals surface area (Å²) in [5.74, 6) is -1.24. The molecule has 1 spiro atoms. The molecule has 2 saturated heterocycles. The zero-order valence-electron chi connectivity index (χ0n) is 12.8. The third-order valence-electron chi connectivity index (χ3n) is 4.15. The first kappa shape index (κ1) is 16.4. The average Bonchev–Trinajstić information content (AvgIpc) is 2.92. The molecule has 2 aliphatic heterocycles. The number of hydrogen-bond acceptors (Lipinski definition) is 4. The predicted octanol–water partition coefficient (Wildman–Crippen LogP) is 2.17. The summed E-state index contributed by atoms with van der Waals surface area (Å²) in [7, 11) is 0. The van der Waals surface area contributed by atoms with E-state index in [9.17, 15) is 9.59 Å². The third kappa shape index (κ3) is 3.41. The standard InChI is InChI=1S/C16H18BrNO5/c1-10-7-18(8-16(23-10)2-3-22-9-16)14(19)11-4-12(15(20)21)6-13(17)5-11/h4-6,10H,2-3,7-9H2,1H3,(H,20,21). The van der Waals surface area contributed by atoms with E-state index in [2.05, 4.69) is 15.9 Å². The lowest BCUT2D eigenvalue weighted by molar-refractivity contribution is -0.138. The van der Waals surface area contributed by atoms with E-state index >= 15 is 0 Å². The quantitative estimate of drug-likeness (QED) is 0.846. The minimum Gasteiger partial charge on any atom is -0.478 e. The maximum absolute atomic E-state index is 12.8. The van der Waals surface area contributed by atoms with Crippen LogP contribution in [0, 0.1) is 0 Å². The Morgan fingerprint density at radius 1 is 1.35 bits per heavy atom. The van der Waals surface area contributed by atoms with Crippen LogP contribution in [0.3, 0.4) is 0 Å². The van der Waals surface area contributed by atoms with Gasteiger partial charge in [-0.3, -0.25) is 4.79 Å². The summed E-state index contributed by atoms with van der Waals surface area (Å²) in [5.41, 5.74) is 0.0116. The zero-order valence-corrected chi connectivity index (χ0v) is 14.3. The highest BCUT2D eigenvalue weighted by molar-refractivity contribution is 9.10. The number of halogens is 1. The fourth-order valence-electron chi connectivity index (χ4n) is 3.20. The number of nitrogens with zero attached hydrogens (tertiary/aromatic N) is 1. The second-order valence-corrected chi connectivity index (χ2v) is 7.05. The van der Waals surface area contributed by atoms with Crippen LogP contribution in [0.2, 0.25) is 0 Å². The minimum atomic E-state index is -1.06. The molecule has 1 amide bonds. The summed E-state index contributed by atoms with van der Waals surface area (Å²) in [6.07, 6.45) is 0.681. The molecule has 3 rings (SSSR count). The van der Waals surface area contributed by atoms with Gasteiger partial charge >= 0.3 is 5.97 Å². The van der Waals surface area contributed by atoms with Gasteiger partial charge in [-0.1, -0.05) is 15.9 Å². The van der Waals surface area contributed by atoms with E-state index in [4.69, 9.17) is 14.6 Å². The van der Waals surface area contributed by atoms with Gasteiger partial charge in [-0.05, 0) is 25.1 Å². The molecule has 2 atom stereocenters. The fraction of sp³-hybridized carbons (Fsp3) is 0.500. The topological polar surface area (TPSA) is 76.1 Å². The number of aromatic carboxylic acids is 1. The number of benzene rings is 1. The SMILES string of the molecule is CC1CN(C(=O)c2cc(Br)cc(C(=O)O)c2)CC2(CCOC2)O1. The first-order valence-corrected chi connectivity index (χ1v) is 8.27. The Hall–Kier alpha value is -1.44. The second-order valence-electron chi connectivity index (χ2n) is 6.13. The summed E-state index contributed by atoms with van der Waals surface area (Å²) in [6.45, 7) is 4.00. The highest BCUT2D eigenvalue weighted by Crippen LogP contribution is 2.31. The van der Waals surface area contributed by atoms with E-state index in [1.165, 1.54) is 12.1 Å². The number of morpholine rings is 1. The molecule has 2 fully saturated rings. The van der Waals surface area contributed by atoms with Crippen molar-refractivity contribution < 1.29 is 24.2 Å². The highest BCUT2D eigenvalue weighted by Gasteiger charge is 2.44. The monoisotopic (exact) mass is 383 g/mol. The molecule has 0 saturated carbocycles. The molecule has 1 aromatic carbocycles. The first-order chi connectivity index (χ1) is 10.9. The number of hydrogen-bond donors (Lipinski definition) is 1. The van der Waals surface area contributed by atoms with Crippen LogP contribution in [-0.4, -0.2) is 59.9 Å². The number of carboxylic acids is 1. The van der Waals surface area contributed by atoms with E-state index in [-0.39, 0.29) is 17.6 Å². The number of ether oxygens (including phenoxy) is 2. The van der Waals surface area contributed by atoms with E-state index < -0.39 is 11.6 Å². The van der Waals surface area contributed by atoms with Crippen molar-refractivity contribution >= 4 is 27.8 Å². The molecule has 7 heteroatoms. The van der Waals surface area contributed by atoms with Crippen molar-refractivity contribution in [2.24, 2.45) is 0 Å². The van der Waals surface area contributed by atoms with Crippen molar-refractivity contribution in [3.63, 3.8) is 0 Å². The largest absolute Gasteiger partial charge is 0.478 e. The lowest BCUT2D eigenvalue weighted by Crippen LogP contribution is -2.57. The maximum atomic E-state index is 12.8. The summed E-state index contributed by atoms with van der Waals surface area (Å²) in [6, 6.07) is 4.54. The zero-order chi connectivity index (χ0) is 16.6. The van der Waals surface area contributed by atoms with Gasteiger partial charge in [0, 0.05) is 29.6 Å². The van der Waals surface area contributed by atoms with Crippen LogP contribution in [0.25, 0.3) is 0 Å². The minimum absolute atomic E-state index is 0.0829. The van der Waals surface area contributed by atoms with Crippen LogP contribution in [0.15, 0.2) is 22.7 Å². The van der Waals surface area contributed by atoms with Gasteiger partial charge in [0.2, 0.25) is 0 Å². The molecule has 124 valence electrons. The molecule has 0 bridgehead atoms. The number of carbonyl (C=O) groups is 2. The number of carbonyl (C=O) groups excluding carboxylic acids is 1. The fourth-order valence-corrected chi connectivity index (χ4v) is 3.70. The summed E-state index contributed by atoms with van der Waals surface area (Å²) < 4.78 is 12.0. The molecular formula is C16H18BrNO5. The van der Waals surface area contributed by atoms with E-state index in [1.807, 2.05) is 6.92 Å². The maximum Gasteiger partial charge on any atom is 0.335 e. The molecule has 0 aromatic heterocycles. The molecule has 2 unspecified atom stereocenters. The molecule has 0 radical (unpaired) electrons. The van der Waals surface area contributed by atoms with Gasteiger partial charge in [0.25, 0.3) is 5.91 Å². The van der Waals surface area contributed by atoms with Crippen LogP contribution in [0.5, 0.6) is 0 Å². The second kappa shape index (κ2) is 6.22. The van der Waals surface area contributed by atoms with Gasteiger partial charge in [-0.15, -0.1) is 0 Å². The van der Waals surface area contributed by atoms with Crippen molar-refractivity contribution in [3.05, 3.63) is 33.8 Å². The highest BCUT2D eigenvalue weighted by atomic mass is 79.9. The van der Waals surface area contributed by atoms with Crippen LogP contribution in [0.4, 0.5) is 0 Å². The van der Waals surface area contributed by atoms with Crippen molar-refractivity contribution in [2.45, 2.75) is 25.0 Å². The summed E-state index contributed by atoms with van der Waals surface area (Å²) >= 11 is 3.27. The Kier molecular flexibility index (Phi) is 4.44. The van der Waals surface area contributed by atoms with Crippen molar-refractivity contribution in [1.29, 1.82) is 0 Å². The summed E-state index contributed by atoms with van der Waals surface area (Å²) in [5, 5.41) is 9.15. The Morgan fingerprint density at radius 3 is 2.74 bits per heavy atom. The lowest BCUT2D eigenvalue weighted by atomic mass is 9.98. The Balaban J connectivity index is 1.86. The van der Waals surface area contributed by atoms with Gasteiger partial charge in [0.05, 0.1) is 24.8 Å². The average molecular weight is 384 g/mol. The first-order valence-electron chi connectivity index (χ1n) is 7.47. The van der Waals surface area contributed by atoms with Gasteiger partial charge in [0.15, 0.2) is 0 Å². The van der Waals surface area contributed by atoms with Crippen molar-refractivity contribution in [3.8, 4) is 0 Å². The number of carboxylic acid groups (broad SMARTS) is 1. The molecule has 0 aliphatic carbocycles. The molecule has 23 heavy (non-hydrogen) atoms. The van der Waals surface area contributed by atoms with Crippen LogP contribution in [-0.2, 0) is 9.47 Å². The lowest BCUT2D eigenvalue weighted by Gasteiger charge is -2.42. The molecule has 1 aromatic rings. The molecule has 6 nitrogen and oxygen atoms in total. The molecular weight excluding hydrogens is 366 g/mol. The van der Waals surface area contributed by atoms with Gasteiger partial charge in [-0.2, -0.15) is 0 Å². The smallest absolute Gasteiger partial charge is 0.335 e. The third-order valence-corrected chi connectivity index (χ3v) is 4.61. The van der Waals surface area contributed by atoms with E-state index in [0.29, 0.717) is 36.3 Å². The Bertz CT molecular complexity index is 641. The molecule has 2 aliphatic rings. The van der Waals surface area contributed by atoms with Crippen LogP contribution >= 0.6 is 15.9 Å². The van der Waals surface area contributed by atoms with Crippen LogP contribution in [0.1, 0.15) is 34.1 Å². The van der Waals surface area contributed by atoms with Gasteiger partial charge in [-0.25, -0.2) is 4.79 Å². The van der Waals surface area contributed by atoms with Crippen molar-refractivity contribution in [1.82, 2.24) is 4.90 Å². The van der Waals surface area contributed by atoms with Crippen molar-refractivity contribution in [2.75, 3.05) is 26.3 Å². The number of rotatable bonds is 2.